The summed E-state index contributed by atoms with van der Waals surface area (Å²) in [6.07, 6.45) is 6.40. The van der Waals surface area contributed by atoms with E-state index >= 15 is 0 Å². The van der Waals surface area contributed by atoms with Crippen molar-refractivity contribution in [3.8, 4) is 11.1 Å². The van der Waals surface area contributed by atoms with Gasteiger partial charge in [0.2, 0.25) is 0 Å². The van der Waals surface area contributed by atoms with Crippen LogP contribution in [0.2, 0.25) is 19.6 Å². The first kappa shape index (κ1) is 36.7. The number of halogens is 2. The van der Waals surface area contributed by atoms with E-state index in [9.17, 15) is 0 Å². The largest absolute Gasteiger partial charge is 1.00 e. The second-order valence-corrected chi connectivity index (χ2v) is 27.2. The molecule has 0 spiro atoms. The molecule has 4 aromatic rings. The Kier molecular flexibility index (Phi) is 11.0. The zero-order valence-corrected chi connectivity index (χ0v) is 33.9. The Balaban J connectivity index is 0.00000240. The maximum atomic E-state index is 2.69. The van der Waals surface area contributed by atoms with Crippen LogP contribution in [0.25, 0.3) is 11.1 Å². The second-order valence-electron chi connectivity index (χ2n) is 15.8. The predicted molar refractivity (Wildman–Crippen MR) is 191 cm³/mol. The van der Waals surface area contributed by atoms with Crippen LogP contribution in [0.15, 0.2) is 118 Å². The number of hydrogen-bond donors (Lipinski definition) is 0. The molecule has 0 heterocycles. The molecule has 0 bridgehead atoms. The summed E-state index contributed by atoms with van der Waals surface area (Å²) >= 11 is -2.72. The normalized spacial score (nSPS) is 14.2. The molecular formula is C42H48Cl2SiZr. The number of benzene rings is 4. The van der Waals surface area contributed by atoms with Crippen molar-refractivity contribution in [1.82, 2.24) is 0 Å². The minimum absolute atomic E-state index is 0. The van der Waals surface area contributed by atoms with E-state index in [0.29, 0.717) is 3.63 Å². The van der Waals surface area contributed by atoms with Crippen molar-refractivity contribution in [2.75, 3.05) is 0 Å². The summed E-state index contributed by atoms with van der Waals surface area (Å²) in [4.78, 5) is 0. The molecule has 6 rings (SSSR count). The Bertz CT molecular complexity index is 1710. The molecule has 0 radical (unpaired) electrons. The topological polar surface area (TPSA) is 0 Å². The third-order valence-electron chi connectivity index (χ3n) is 9.52. The van der Waals surface area contributed by atoms with Crippen LogP contribution in [-0.4, -0.2) is 11.3 Å². The molecule has 0 aliphatic heterocycles. The van der Waals surface area contributed by atoms with Crippen LogP contribution in [0.4, 0.5) is 0 Å². The molecule has 238 valence electrons. The minimum atomic E-state index is -2.72. The zero-order valence-electron chi connectivity index (χ0n) is 28.9. The number of fused-ring (bicyclic) bond motifs is 3. The number of hydrogen-bond acceptors (Lipinski definition) is 0. The first-order valence-corrected chi connectivity index (χ1v) is 23.7. The van der Waals surface area contributed by atoms with Crippen LogP contribution >= 0.6 is 0 Å². The van der Waals surface area contributed by atoms with E-state index < -0.39 is 29.3 Å². The maximum Gasteiger partial charge on any atom is -1.00 e. The molecule has 0 nitrogen and oxygen atoms in total. The van der Waals surface area contributed by atoms with Crippen LogP contribution < -0.4 is 24.8 Å². The molecule has 0 fully saturated rings. The fourth-order valence-corrected chi connectivity index (χ4v) is 17.7. The van der Waals surface area contributed by atoms with Crippen molar-refractivity contribution in [2.24, 2.45) is 0 Å². The molecule has 0 saturated carbocycles. The van der Waals surface area contributed by atoms with Gasteiger partial charge in [-0.05, 0) is 0 Å². The molecule has 0 unspecified atom stereocenters. The van der Waals surface area contributed by atoms with E-state index in [1.54, 1.807) is 22.8 Å². The Hall–Kier alpha value is -2.09. The number of rotatable bonds is 5. The van der Waals surface area contributed by atoms with E-state index in [-0.39, 0.29) is 35.6 Å². The average Bonchev–Trinajstić information content (AvgIpc) is 3.59. The molecule has 0 saturated heterocycles. The number of allylic oxidation sites excluding steroid dienone is 4. The van der Waals surface area contributed by atoms with Gasteiger partial charge in [0.1, 0.15) is 0 Å². The van der Waals surface area contributed by atoms with Gasteiger partial charge in [0.15, 0.2) is 0 Å². The van der Waals surface area contributed by atoms with Gasteiger partial charge in [-0.1, -0.05) is 0 Å². The van der Waals surface area contributed by atoms with Gasteiger partial charge in [-0.2, -0.15) is 0 Å². The first-order valence-electron chi connectivity index (χ1n) is 16.3. The van der Waals surface area contributed by atoms with E-state index in [4.69, 9.17) is 0 Å². The van der Waals surface area contributed by atoms with E-state index in [0.717, 1.165) is 6.42 Å². The molecule has 0 atom stereocenters. The monoisotopic (exact) mass is 740 g/mol. The average molecular weight is 743 g/mol. The van der Waals surface area contributed by atoms with Crippen molar-refractivity contribution < 1.29 is 46.1 Å². The maximum absolute atomic E-state index is 2.72. The SMILES string of the molecule is CC(C)(C)c1ccc2c(c1)-c1cc(C(C)(C)C)ccc1[CH]2[Zr+2]([C]1=CC([Si](C)(C)C)=CC1)=[C](c1ccccc1)c1ccccc1.[Cl-].[Cl-]. The summed E-state index contributed by atoms with van der Waals surface area (Å²) in [5.74, 6) is 0. The predicted octanol–water partition coefficient (Wildman–Crippen LogP) is 5.34. The van der Waals surface area contributed by atoms with Gasteiger partial charge >= 0.3 is 277 Å². The van der Waals surface area contributed by atoms with E-state index in [2.05, 4.69) is 170 Å². The second kappa shape index (κ2) is 13.8. The Labute approximate surface area is 299 Å². The molecule has 0 amide bonds. The quantitative estimate of drug-likeness (QED) is 0.243. The molecule has 46 heavy (non-hydrogen) atoms. The van der Waals surface area contributed by atoms with Crippen LogP contribution in [-0.2, 0) is 32.1 Å². The van der Waals surface area contributed by atoms with E-state index in [1.807, 2.05) is 0 Å². The van der Waals surface area contributed by atoms with Crippen LogP contribution in [0.1, 0.15) is 85.0 Å². The summed E-state index contributed by atoms with van der Waals surface area (Å²) < 4.78 is 3.81. The fourth-order valence-electron chi connectivity index (χ4n) is 6.91. The molecule has 0 aromatic heterocycles. The van der Waals surface area contributed by atoms with Gasteiger partial charge in [0, 0.05) is 0 Å². The third kappa shape index (κ3) is 7.17. The smallest absolute Gasteiger partial charge is 1.00 e. The molecule has 0 N–H and O–H groups in total. The van der Waals surface area contributed by atoms with Crippen molar-refractivity contribution in [3.05, 3.63) is 151 Å². The van der Waals surface area contributed by atoms with Crippen LogP contribution in [0.3, 0.4) is 0 Å². The van der Waals surface area contributed by atoms with Crippen molar-refractivity contribution >= 4 is 11.3 Å². The molecule has 2 aliphatic rings. The summed E-state index contributed by atoms with van der Waals surface area (Å²) in [6, 6.07) is 37.7. The van der Waals surface area contributed by atoms with Crippen LogP contribution in [0, 0.1) is 0 Å². The summed E-state index contributed by atoms with van der Waals surface area (Å²) in [7, 11) is -1.44. The van der Waals surface area contributed by atoms with Gasteiger partial charge in [0.05, 0.1) is 0 Å². The summed E-state index contributed by atoms with van der Waals surface area (Å²) in [6.45, 7) is 21.6. The zero-order chi connectivity index (χ0) is 31.4. The molecule has 4 aromatic carbocycles. The first-order chi connectivity index (χ1) is 20.7. The summed E-state index contributed by atoms with van der Waals surface area (Å²) in [5.41, 5.74) is 11.9. The van der Waals surface area contributed by atoms with E-state index in [1.165, 1.54) is 33.4 Å². The van der Waals surface area contributed by atoms with Gasteiger partial charge in [0.25, 0.3) is 0 Å². The van der Waals surface area contributed by atoms with Gasteiger partial charge in [-0.3, -0.25) is 0 Å². The van der Waals surface area contributed by atoms with Crippen LogP contribution in [0.5, 0.6) is 0 Å². The third-order valence-corrected chi connectivity index (χ3v) is 19.8. The Morgan fingerprint density at radius 1 is 0.630 bits per heavy atom. The summed E-state index contributed by atoms with van der Waals surface area (Å²) in [5, 5.41) is 1.63. The fraction of sp³-hybridized carbons (Fsp3) is 0.310. The van der Waals surface area contributed by atoms with Gasteiger partial charge < -0.3 is 24.8 Å². The molecule has 2 aliphatic carbocycles. The molecular weight excluding hydrogens is 695 g/mol. The minimum Gasteiger partial charge on any atom is -1.00 e. The Morgan fingerprint density at radius 3 is 1.43 bits per heavy atom. The van der Waals surface area contributed by atoms with Crippen molar-refractivity contribution in [1.29, 1.82) is 0 Å². The van der Waals surface area contributed by atoms with Crippen molar-refractivity contribution in [3.63, 3.8) is 0 Å². The van der Waals surface area contributed by atoms with Crippen molar-refractivity contribution in [2.45, 2.75) is 82.1 Å². The van der Waals surface area contributed by atoms with Gasteiger partial charge in [-0.25, -0.2) is 0 Å². The standard InChI is InChI=1S/C21H25.C13H10.C8H13Si.2ClH.Zr/c1-20(2,3)16-9-7-14-11-15-8-10-17(21(4,5)6)13-19(15)18(14)12-16;1-3-7-12(8-4-1)11-13-9-5-2-6-10-13;1-9(2,3)8-6-4-5-7-8;;;/h7-13H,1-6H3;1-10H;6-7H,4H2,1-3H3;2*1H;/q;;;;;+2/p-2. The molecule has 4 heteroatoms. The van der Waals surface area contributed by atoms with Gasteiger partial charge in [-0.15, -0.1) is 0 Å². The Morgan fingerprint density at radius 2 is 1.07 bits per heavy atom.